The summed E-state index contributed by atoms with van der Waals surface area (Å²) in [5.74, 6) is 1.17. The summed E-state index contributed by atoms with van der Waals surface area (Å²) in [6.45, 7) is 2.79. The third kappa shape index (κ3) is 6.68. The molecular weight excluding hydrogens is 598 g/mol. The lowest BCUT2D eigenvalue weighted by atomic mass is 9.87. The van der Waals surface area contributed by atoms with Crippen molar-refractivity contribution >= 4 is 39.3 Å². The van der Waals surface area contributed by atoms with Crippen molar-refractivity contribution in [1.29, 1.82) is 0 Å². The number of hydrogen-bond acceptors (Lipinski definition) is 4. The van der Waals surface area contributed by atoms with E-state index in [1.54, 1.807) is 26.4 Å². The number of hydrogen-bond donors (Lipinski definition) is 1. The van der Waals surface area contributed by atoms with E-state index in [4.69, 9.17) is 9.47 Å². The number of carbonyl (C=O) groups is 2. The highest BCUT2D eigenvalue weighted by Gasteiger charge is 2.38. The molecule has 2 unspecified atom stereocenters. The number of carbonyl (C=O) groups excluding carboxylic acids is 2. The lowest BCUT2D eigenvalue weighted by molar-refractivity contribution is -0.121. The van der Waals surface area contributed by atoms with Crippen LogP contribution in [0.2, 0.25) is 0 Å². The second-order valence-corrected chi connectivity index (χ2v) is 12.4. The van der Waals surface area contributed by atoms with Gasteiger partial charge in [0.2, 0.25) is 5.91 Å². The van der Waals surface area contributed by atoms with E-state index in [1.165, 1.54) is 21.8 Å². The molecule has 5 aromatic rings. The molecule has 0 fully saturated rings. The Morgan fingerprint density at radius 3 is 2.21 bits per heavy atom. The van der Waals surface area contributed by atoms with Gasteiger partial charge in [-0.3, -0.25) is 9.59 Å². The van der Waals surface area contributed by atoms with Gasteiger partial charge >= 0.3 is 0 Å². The van der Waals surface area contributed by atoms with Crippen molar-refractivity contribution in [1.82, 2.24) is 9.88 Å². The SMILES string of the molecule is CCCNC(=O)CCCC=CCCC1CC(n2c3ccccc3c3ccccc32)c2ccccc2N1C(=O)c1ccc(OC)c(OC)c1. The zero-order valence-corrected chi connectivity index (χ0v) is 28.2. The minimum Gasteiger partial charge on any atom is -0.493 e. The smallest absolute Gasteiger partial charge is 0.258 e. The van der Waals surface area contributed by atoms with Gasteiger partial charge in [0.05, 0.1) is 20.3 Å². The molecule has 1 aromatic heterocycles. The van der Waals surface area contributed by atoms with Crippen LogP contribution in [0.3, 0.4) is 0 Å². The Kier molecular flexibility index (Phi) is 10.4. The molecule has 0 radical (unpaired) electrons. The summed E-state index contributed by atoms with van der Waals surface area (Å²) in [7, 11) is 3.19. The van der Waals surface area contributed by atoms with Crippen LogP contribution in [-0.4, -0.2) is 43.2 Å². The molecule has 2 atom stereocenters. The first kappa shape index (κ1) is 32.9. The van der Waals surface area contributed by atoms with E-state index in [0.717, 1.165) is 56.3 Å². The van der Waals surface area contributed by atoms with Crippen LogP contribution in [0, 0.1) is 0 Å². The predicted molar refractivity (Wildman–Crippen MR) is 194 cm³/mol. The van der Waals surface area contributed by atoms with E-state index < -0.39 is 0 Å². The van der Waals surface area contributed by atoms with E-state index in [2.05, 4.69) is 95.7 Å². The highest BCUT2D eigenvalue weighted by Crippen LogP contribution is 2.45. The van der Waals surface area contributed by atoms with Gasteiger partial charge in [-0.05, 0) is 80.5 Å². The average Bonchev–Trinajstić information content (AvgIpc) is 3.46. The molecule has 4 aromatic carbocycles. The van der Waals surface area contributed by atoms with Crippen molar-refractivity contribution in [3.05, 3.63) is 114 Å². The van der Waals surface area contributed by atoms with Crippen LogP contribution < -0.4 is 19.7 Å². The number of aromatic nitrogens is 1. The first-order valence-corrected chi connectivity index (χ1v) is 17.1. The number of amides is 2. The summed E-state index contributed by atoms with van der Waals surface area (Å²) in [4.78, 5) is 28.5. The highest BCUT2D eigenvalue weighted by molar-refractivity contribution is 6.09. The van der Waals surface area contributed by atoms with Gasteiger partial charge in [-0.25, -0.2) is 0 Å². The van der Waals surface area contributed by atoms with Crippen molar-refractivity contribution in [2.24, 2.45) is 0 Å². The average molecular weight is 644 g/mol. The fourth-order valence-electron chi connectivity index (χ4n) is 7.10. The molecule has 1 aliphatic rings. The summed E-state index contributed by atoms with van der Waals surface area (Å²) < 4.78 is 13.5. The van der Waals surface area contributed by atoms with Crippen LogP contribution in [0.15, 0.2) is 103 Å². The molecule has 0 saturated heterocycles. The fraction of sp³-hybridized carbons (Fsp3) is 0.317. The minimum absolute atomic E-state index is 0.0380. The summed E-state index contributed by atoms with van der Waals surface area (Å²) >= 11 is 0. The molecule has 7 nitrogen and oxygen atoms in total. The molecule has 2 heterocycles. The number of nitrogens with one attached hydrogen (secondary N) is 1. The van der Waals surface area contributed by atoms with Crippen LogP contribution in [0.5, 0.6) is 11.5 Å². The third-order valence-corrected chi connectivity index (χ3v) is 9.37. The third-order valence-electron chi connectivity index (χ3n) is 9.37. The molecule has 2 amide bonds. The Balaban J connectivity index is 1.35. The molecule has 0 spiro atoms. The van der Waals surface area contributed by atoms with E-state index in [-0.39, 0.29) is 23.9 Å². The first-order valence-electron chi connectivity index (χ1n) is 17.1. The van der Waals surface area contributed by atoms with Gasteiger partial charge in [0.25, 0.3) is 5.91 Å². The quantitative estimate of drug-likeness (QED) is 0.103. The lowest BCUT2D eigenvalue weighted by Gasteiger charge is -2.42. The molecule has 1 aliphatic heterocycles. The Morgan fingerprint density at radius 2 is 1.50 bits per heavy atom. The number of rotatable bonds is 13. The maximum Gasteiger partial charge on any atom is 0.258 e. The molecule has 0 saturated carbocycles. The van der Waals surface area contributed by atoms with Crippen molar-refractivity contribution in [2.45, 2.75) is 64.0 Å². The van der Waals surface area contributed by atoms with Gasteiger partial charge in [-0.1, -0.05) is 73.7 Å². The zero-order chi connectivity index (χ0) is 33.5. The second-order valence-electron chi connectivity index (χ2n) is 12.4. The number of methoxy groups -OCH3 is 2. The minimum atomic E-state index is -0.0603. The van der Waals surface area contributed by atoms with Crippen LogP contribution in [0.4, 0.5) is 5.69 Å². The van der Waals surface area contributed by atoms with Gasteiger partial charge in [0.15, 0.2) is 11.5 Å². The van der Waals surface area contributed by atoms with Gasteiger partial charge < -0.3 is 24.3 Å². The monoisotopic (exact) mass is 643 g/mol. The normalized spacial score (nSPS) is 15.9. The van der Waals surface area contributed by atoms with E-state index >= 15 is 0 Å². The first-order chi connectivity index (χ1) is 23.5. The fourth-order valence-corrected chi connectivity index (χ4v) is 7.10. The molecule has 6 rings (SSSR count). The van der Waals surface area contributed by atoms with Gasteiger partial charge in [-0.2, -0.15) is 0 Å². The number of anilines is 1. The number of ether oxygens (including phenoxy) is 2. The lowest BCUT2D eigenvalue weighted by Crippen LogP contribution is -2.45. The Bertz CT molecular complexity index is 1870. The Hall–Kier alpha value is -5.04. The van der Waals surface area contributed by atoms with Crippen LogP contribution in [0.1, 0.15) is 73.8 Å². The summed E-state index contributed by atoms with van der Waals surface area (Å²) in [5, 5.41) is 5.42. The summed E-state index contributed by atoms with van der Waals surface area (Å²) in [5.41, 5.74) is 5.01. The Labute approximate surface area is 283 Å². The largest absolute Gasteiger partial charge is 0.493 e. The number of benzene rings is 4. The Morgan fingerprint density at radius 1 is 0.833 bits per heavy atom. The molecule has 0 bridgehead atoms. The van der Waals surface area contributed by atoms with Crippen LogP contribution in [-0.2, 0) is 4.79 Å². The van der Waals surface area contributed by atoms with E-state index in [9.17, 15) is 9.59 Å². The number of nitrogens with zero attached hydrogens (tertiary/aromatic N) is 2. The zero-order valence-electron chi connectivity index (χ0n) is 28.2. The summed E-state index contributed by atoms with van der Waals surface area (Å²) in [6.07, 6.45) is 9.93. The van der Waals surface area contributed by atoms with Crippen molar-refractivity contribution in [3.63, 3.8) is 0 Å². The number of fused-ring (bicyclic) bond motifs is 4. The number of allylic oxidation sites excluding steroid dienone is 2. The standard InChI is InChI=1S/C41H45N3O4/c1-4-26-42-40(45)23-9-7-5-6-8-16-30-28-37(44-34-20-13-10-17-31(34)32-18-11-14-21-35(32)44)33-19-12-15-22-36(33)43(30)41(46)29-24-25-38(47-2)39(27-29)48-3/h5-6,10-15,17-22,24-25,27,30,37H,4,7-9,16,23,26,28H2,1-3H3,(H,42,45). The van der Waals surface area contributed by atoms with E-state index in [0.29, 0.717) is 23.5 Å². The molecule has 7 heteroatoms. The number of para-hydroxylation sites is 3. The van der Waals surface area contributed by atoms with Gasteiger partial charge in [0.1, 0.15) is 0 Å². The predicted octanol–water partition coefficient (Wildman–Crippen LogP) is 8.85. The summed E-state index contributed by atoms with van der Waals surface area (Å²) in [6, 6.07) is 30.9. The maximum absolute atomic E-state index is 14.5. The highest BCUT2D eigenvalue weighted by atomic mass is 16.5. The number of unbranched alkanes of at least 4 members (excludes halogenated alkanes) is 1. The van der Waals surface area contributed by atoms with Gasteiger partial charge in [0, 0.05) is 52.1 Å². The van der Waals surface area contributed by atoms with Crippen LogP contribution >= 0.6 is 0 Å². The van der Waals surface area contributed by atoms with Gasteiger partial charge in [-0.15, -0.1) is 0 Å². The van der Waals surface area contributed by atoms with Crippen molar-refractivity contribution in [3.8, 4) is 11.5 Å². The van der Waals surface area contributed by atoms with Crippen LogP contribution in [0.25, 0.3) is 21.8 Å². The van der Waals surface area contributed by atoms with E-state index in [1.807, 2.05) is 17.0 Å². The second kappa shape index (κ2) is 15.2. The maximum atomic E-state index is 14.5. The molecule has 0 aliphatic carbocycles. The molecule has 1 N–H and O–H groups in total. The van der Waals surface area contributed by atoms with Crippen molar-refractivity contribution < 1.29 is 19.1 Å². The topological polar surface area (TPSA) is 72.8 Å². The molecular formula is C41H45N3O4. The van der Waals surface area contributed by atoms with Crippen molar-refractivity contribution in [2.75, 3.05) is 25.7 Å². The molecule has 248 valence electrons. The molecule has 48 heavy (non-hydrogen) atoms.